The van der Waals surface area contributed by atoms with Crippen LogP contribution < -0.4 is 5.32 Å². The van der Waals surface area contributed by atoms with Gasteiger partial charge in [-0.1, -0.05) is 40.2 Å². The van der Waals surface area contributed by atoms with E-state index in [1.54, 1.807) is 6.07 Å². The first-order chi connectivity index (χ1) is 8.86. The Hall–Kier alpha value is -0.410. The highest BCUT2D eigenvalue weighted by atomic mass is 79.9. The third-order valence-electron chi connectivity index (χ3n) is 3.41. The summed E-state index contributed by atoms with van der Waals surface area (Å²) in [5.41, 5.74) is 1.41. The molecule has 3 heteroatoms. The van der Waals surface area contributed by atoms with Crippen molar-refractivity contribution < 1.29 is 4.39 Å². The van der Waals surface area contributed by atoms with Crippen molar-refractivity contribution in [1.29, 1.82) is 0 Å². The van der Waals surface area contributed by atoms with Gasteiger partial charge in [0.25, 0.3) is 0 Å². The summed E-state index contributed by atoms with van der Waals surface area (Å²) in [6.07, 6.45) is 3.31. The first-order valence-electron chi connectivity index (χ1n) is 7.03. The van der Waals surface area contributed by atoms with E-state index in [4.69, 9.17) is 0 Å². The van der Waals surface area contributed by atoms with Crippen molar-refractivity contribution in [2.75, 3.05) is 6.54 Å². The van der Waals surface area contributed by atoms with Crippen molar-refractivity contribution in [2.24, 2.45) is 5.41 Å². The van der Waals surface area contributed by atoms with Crippen LogP contribution >= 0.6 is 15.9 Å². The predicted octanol–water partition coefficient (Wildman–Crippen LogP) is 4.94. The van der Waals surface area contributed by atoms with Crippen LogP contribution in [0.1, 0.15) is 46.1 Å². The molecule has 0 aliphatic carbocycles. The molecule has 1 nitrogen and oxygen atoms in total. The van der Waals surface area contributed by atoms with E-state index in [1.807, 2.05) is 12.1 Å². The maximum Gasteiger partial charge on any atom is 0.137 e. The first-order valence-corrected chi connectivity index (χ1v) is 7.83. The third kappa shape index (κ3) is 5.62. The van der Waals surface area contributed by atoms with E-state index in [0.717, 1.165) is 13.0 Å². The number of hydrogen-bond acceptors (Lipinski definition) is 1. The summed E-state index contributed by atoms with van der Waals surface area (Å²) in [5, 5.41) is 3.53. The molecular weight excluding hydrogens is 305 g/mol. The quantitative estimate of drug-likeness (QED) is 0.747. The maximum absolute atomic E-state index is 13.3. The largest absolute Gasteiger partial charge is 0.314 e. The van der Waals surface area contributed by atoms with E-state index in [0.29, 0.717) is 10.5 Å². The summed E-state index contributed by atoms with van der Waals surface area (Å²) in [7, 11) is 0. The molecule has 0 aliphatic rings. The Bertz CT molecular complexity index is 406. The van der Waals surface area contributed by atoms with Gasteiger partial charge in [-0.2, -0.15) is 0 Å². The summed E-state index contributed by atoms with van der Waals surface area (Å²) in [4.78, 5) is 0. The van der Waals surface area contributed by atoms with Crippen LogP contribution in [0.3, 0.4) is 0 Å². The van der Waals surface area contributed by atoms with Crippen molar-refractivity contribution in [3.63, 3.8) is 0 Å². The van der Waals surface area contributed by atoms with Crippen LogP contribution in [0.4, 0.5) is 4.39 Å². The summed E-state index contributed by atoms with van der Waals surface area (Å²) in [6, 6.07) is 5.83. The van der Waals surface area contributed by atoms with Crippen LogP contribution in [0.5, 0.6) is 0 Å². The van der Waals surface area contributed by atoms with E-state index < -0.39 is 0 Å². The molecule has 0 saturated carbocycles. The molecule has 0 radical (unpaired) electrons. The minimum Gasteiger partial charge on any atom is -0.314 e. The Balaban J connectivity index is 2.78. The van der Waals surface area contributed by atoms with E-state index in [1.165, 1.54) is 18.4 Å². The van der Waals surface area contributed by atoms with Crippen molar-refractivity contribution in [3.05, 3.63) is 34.1 Å². The molecular formula is C16H25BrFN. The van der Waals surface area contributed by atoms with Gasteiger partial charge in [0.15, 0.2) is 0 Å². The average Bonchev–Trinajstić information content (AvgIpc) is 2.32. The molecule has 1 N–H and O–H groups in total. The van der Waals surface area contributed by atoms with Crippen LogP contribution in [0.2, 0.25) is 0 Å². The molecule has 1 aromatic rings. The first kappa shape index (κ1) is 16.6. The van der Waals surface area contributed by atoms with Gasteiger partial charge in [0.05, 0.1) is 4.47 Å². The fraction of sp³-hybridized carbons (Fsp3) is 0.625. The summed E-state index contributed by atoms with van der Waals surface area (Å²) >= 11 is 3.26. The van der Waals surface area contributed by atoms with Crippen molar-refractivity contribution in [1.82, 2.24) is 5.32 Å². The second-order valence-electron chi connectivity index (χ2n) is 6.02. The zero-order valence-electron chi connectivity index (χ0n) is 12.4. The van der Waals surface area contributed by atoms with E-state index in [-0.39, 0.29) is 11.2 Å². The number of rotatable bonds is 7. The summed E-state index contributed by atoms with van der Waals surface area (Å²) in [6.45, 7) is 9.85. The lowest BCUT2D eigenvalue weighted by Crippen LogP contribution is -2.37. The standard InChI is InChI=1S/C16H25BrFN/c1-5-8-16(4,11-19-12(2)3)10-13-6-7-15(18)14(17)9-13/h6-7,9,12,19H,5,8,10-11H2,1-4H3. The van der Waals surface area contributed by atoms with Gasteiger partial charge in [-0.25, -0.2) is 4.39 Å². The molecule has 0 heterocycles. The van der Waals surface area contributed by atoms with Gasteiger partial charge in [-0.05, 0) is 51.9 Å². The smallest absolute Gasteiger partial charge is 0.137 e. The average molecular weight is 330 g/mol. The van der Waals surface area contributed by atoms with Crippen LogP contribution in [0.15, 0.2) is 22.7 Å². The Labute approximate surface area is 125 Å². The molecule has 1 aromatic carbocycles. The molecule has 1 rings (SSSR count). The van der Waals surface area contributed by atoms with Gasteiger partial charge in [0.1, 0.15) is 5.82 Å². The number of benzene rings is 1. The molecule has 19 heavy (non-hydrogen) atoms. The Kier molecular flexibility index (Phi) is 6.48. The van der Waals surface area contributed by atoms with Gasteiger partial charge in [-0.3, -0.25) is 0 Å². The lowest BCUT2D eigenvalue weighted by Gasteiger charge is -2.31. The predicted molar refractivity (Wildman–Crippen MR) is 84.0 cm³/mol. The fourth-order valence-corrected chi connectivity index (χ4v) is 2.86. The fourth-order valence-electron chi connectivity index (χ4n) is 2.44. The Morgan fingerprint density at radius 3 is 2.58 bits per heavy atom. The number of halogens is 2. The normalized spacial score (nSPS) is 14.7. The van der Waals surface area contributed by atoms with Gasteiger partial charge in [-0.15, -0.1) is 0 Å². The Morgan fingerprint density at radius 1 is 1.37 bits per heavy atom. The zero-order chi connectivity index (χ0) is 14.5. The molecule has 0 aromatic heterocycles. The van der Waals surface area contributed by atoms with E-state index >= 15 is 0 Å². The molecule has 0 fully saturated rings. The molecule has 0 spiro atoms. The maximum atomic E-state index is 13.3. The van der Waals surface area contributed by atoms with Crippen LogP contribution in [0.25, 0.3) is 0 Å². The van der Waals surface area contributed by atoms with Crippen molar-refractivity contribution in [3.8, 4) is 0 Å². The second-order valence-corrected chi connectivity index (χ2v) is 6.88. The van der Waals surface area contributed by atoms with Crippen molar-refractivity contribution >= 4 is 15.9 Å². The van der Waals surface area contributed by atoms with Crippen LogP contribution in [-0.4, -0.2) is 12.6 Å². The topological polar surface area (TPSA) is 12.0 Å². The lowest BCUT2D eigenvalue weighted by atomic mass is 9.79. The van der Waals surface area contributed by atoms with Gasteiger partial charge >= 0.3 is 0 Å². The molecule has 0 aliphatic heterocycles. The molecule has 0 bridgehead atoms. The number of nitrogens with one attached hydrogen (secondary N) is 1. The zero-order valence-corrected chi connectivity index (χ0v) is 14.0. The van der Waals surface area contributed by atoms with Gasteiger partial charge < -0.3 is 5.32 Å². The van der Waals surface area contributed by atoms with Crippen molar-refractivity contribution in [2.45, 2.75) is 53.0 Å². The monoisotopic (exact) mass is 329 g/mol. The lowest BCUT2D eigenvalue weighted by molar-refractivity contribution is 0.267. The molecule has 0 saturated heterocycles. The number of hydrogen-bond donors (Lipinski definition) is 1. The minimum absolute atomic E-state index is 0.193. The summed E-state index contributed by atoms with van der Waals surface area (Å²) in [5.74, 6) is -0.193. The Morgan fingerprint density at radius 2 is 2.05 bits per heavy atom. The molecule has 0 amide bonds. The summed E-state index contributed by atoms with van der Waals surface area (Å²) < 4.78 is 13.8. The highest BCUT2D eigenvalue weighted by molar-refractivity contribution is 9.10. The third-order valence-corrected chi connectivity index (χ3v) is 4.01. The molecule has 1 unspecified atom stereocenters. The van der Waals surface area contributed by atoms with Crippen LogP contribution in [0, 0.1) is 11.2 Å². The highest BCUT2D eigenvalue weighted by Gasteiger charge is 2.24. The van der Waals surface area contributed by atoms with Gasteiger partial charge in [0.2, 0.25) is 0 Å². The highest BCUT2D eigenvalue weighted by Crippen LogP contribution is 2.29. The second kappa shape index (κ2) is 7.39. The minimum atomic E-state index is -0.193. The van der Waals surface area contributed by atoms with E-state index in [2.05, 4.69) is 48.9 Å². The molecule has 108 valence electrons. The van der Waals surface area contributed by atoms with Gasteiger partial charge in [0, 0.05) is 12.6 Å². The van der Waals surface area contributed by atoms with E-state index in [9.17, 15) is 4.39 Å². The SMILES string of the molecule is CCCC(C)(CNC(C)C)Cc1ccc(F)c(Br)c1. The molecule has 1 atom stereocenters. The van der Waals surface area contributed by atoms with Crippen LogP contribution in [-0.2, 0) is 6.42 Å².